The van der Waals surface area contributed by atoms with Crippen molar-refractivity contribution in [2.75, 3.05) is 13.1 Å². The maximum atomic E-state index is 13.1. The van der Waals surface area contributed by atoms with Gasteiger partial charge in [-0.15, -0.1) is 0 Å². The molecule has 1 amide bonds. The molecule has 8 heteroatoms. The van der Waals surface area contributed by atoms with Crippen LogP contribution in [0.5, 0.6) is 6.01 Å². The fourth-order valence-electron chi connectivity index (χ4n) is 3.35. The van der Waals surface area contributed by atoms with Crippen LogP contribution in [-0.4, -0.2) is 49.7 Å². The van der Waals surface area contributed by atoms with Gasteiger partial charge in [-0.2, -0.15) is 5.10 Å². The summed E-state index contributed by atoms with van der Waals surface area (Å²) in [6.07, 6.45) is 6.56. The number of rotatable bonds is 4. The number of likely N-dealkylation sites (tertiary alicyclic amines) is 1. The average Bonchev–Trinajstić information content (AvgIpc) is 3.11. The number of piperidine rings is 1. The molecular formula is C20H20BrN5O2. The number of carbonyl (C=O) groups is 1. The first-order valence-corrected chi connectivity index (χ1v) is 9.94. The van der Waals surface area contributed by atoms with Gasteiger partial charge < -0.3 is 9.64 Å². The van der Waals surface area contributed by atoms with Gasteiger partial charge in [-0.25, -0.2) is 14.6 Å². The predicted molar refractivity (Wildman–Crippen MR) is 108 cm³/mol. The van der Waals surface area contributed by atoms with Gasteiger partial charge in [0, 0.05) is 18.9 Å². The van der Waals surface area contributed by atoms with Crippen molar-refractivity contribution >= 4 is 21.8 Å². The highest BCUT2D eigenvalue weighted by Crippen LogP contribution is 2.20. The highest BCUT2D eigenvalue weighted by Gasteiger charge is 2.28. The average molecular weight is 442 g/mol. The summed E-state index contributed by atoms with van der Waals surface area (Å²) in [4.78, 5) is 23.2. The van der Waals surface area contributed by atoms with Crippen molar-refractivity contribution in [3.05, 3.63) is 64.7 Å². The zero-order valence-electron chi connectivity index (χ0n) is 15.5. The van der Waals surface area contributed by atoms with Crippen LogP contribution >= 0.6 is 15.9 Å². The third-order valence-corrected chi connectivity index (χ3v) is 5.18. The van der Waals surface area contributed by atoms with Crippen molar-refractivity contribution in [3.63, 3.8) is 0 Å². The van der Waals surface area contributed by atoms with E-state index in [0.29, 0.717) is 24.7 Å². The molecule has 2 aromatic heterocycles. The van der Waals surface area contributed by atoms with Crippen molar-refractivity contribution in [1.29, 1.82) is 0 Å². The molecule has 1 fully saturated rings. The maximum Gasteiger partial charge on any atom is 0.316 e. The van der Waals surface area contributed by atoms with E-state index >= 15 is 0 Å². The van der Waals surface area contributed by atoms with E-state index in [1.165, 1.54) is 0 Å². The number of nitrogens with zero attached hydrogens (tertiary/aromatic N) is 5. The minimum absolute atomic E-state index is 0.0234. The summed E-state index contributed by atoms with van der Waals surface area (Å²) in [6, 6.07) is 10.1. The molecule has 1 aliphatic heterocycles. The highest BCUT2D eigenvalue weighted by molar-refractivity contribution is 9.10. The fraction of sp³-hybridized carbons (Fsp3) is 0.300. The molecule has 0 radical (unpaired) electrons. The number of benzene rings is 1. The standard InChI is InChI=1S/C20H20BrN5O2/c1-14-18(12-24-26(14)16-6-3-2-4-7-16)19(27)25-9-5-8-17(13-25)28-20-22-10-15(21)11-23-20/h2-4,6-7,10-12,17H,5,8-9,13H2,1H3/t17-/m1/s1. The second kappa shape index (κ2) is 8.10. The van der Waals surface area contributed by atoms with Gasteiger partial charge in [-0.05, 0) is 47.8 Å². The summed E-state index contributed by atoms with van der Waals surface area (Å²) in [5.74, 6) is -0.0234. The Labute approximate surface area is 171 Å². The van der Waals surface area contributed by atoms with Gasteiger partial charge in [-0.1, -0.05) is 18.2 Å². The van der Waals surface area contributed by atoms with Crippen molar-refractivity contribution < 1.29 is 9.53 Å². The van der Waals surface area contributed by atoms with Crippen LogP contribution in [0.25, 0.3) is 5.69 Å². The van der Waals surface area contributed by atoms with Gasteiger partial charge in [0.1, 0.15) is 6.10 Å². The van der Waals surface area contributed by atoms with Crippen LogP contribution in [0.4, 0.5) is 0 Å². The first kappa shape index (κ1) is 18.6. The SMILES string of the molecule is Cc1c(C(=O)N2CCC[C@@H](Oc3ncc(Br)cn3)C2)cnn1-c1ccccc1. The van der Waals surface area contributed by atoms with Gasteiger partial charge in [-0.3, -0.25) is 4.79 Å². The number of para-hydroxylation sites is 1. The molecule has 1 atom stereocenters. The molecule has 1 aromatic carbocycles. The van der Waals surface area contributed by atoms with Crippen LogP contribution in [0.3, 0.4) is 0 Å². The number of ether oxygens (including phenoxy) is 1. The smallest absolute Gasteiger partial charge is 0.316 e. The molecule has 28 heavy (non-hydrogen) atoms. The lowest BCUT2D eigenvalue weighted by molar-refractivity contribution is 0.0515. The Morgan fingerprint density at radius 3 is 2.68 bits per heavy atom. The van der Waals surface area contributed by atoms with E-state index in [1.807, 2.05) is 42.2 Å². The van der Waals surface area contributed by atoms with Gasteiger partial charge in [0.15, 0.2) is 0 Å². The Morgan fingerprint density at radius 1 is 1.18 bits per heavy atom. The third kappa shape index (κ3) is 3.91. The zero-order chi connectivity index (χ0) is 19.5. The van der Waals surface area contributed by atoms with E-state index in [-0.39, 0.29) is 12.0 Å². The van der Waals surface area contributed by atoms with E-state index in [0.717, 1.165) is 28.7 Å². The van der Waals surface area contributed by atoms with E-state index < -0.39 is 0 Å². The molecule has 1 aliphatic rings. The van der Waals surface area contributed by atoms with Crippen LogP contribution in [-0.2, 0) is 0 Å². The molecule has 0 N–H and O–H groups in total. The second-order valence-electron chi connectivity index (χ2n) is 6.71. The highest BCUT2D eigenvalue weighted by atomic mass is 79.9. The second-order valence-corrected chi connectivity index (χ2v) is 7.62. The summed E-state index contributed by atoms with van der Waals surface area (Å²) >= 11 is 3.31. The minimum Gasteiger partial charge on any atom is -0.458 e. The monoisotopic (exact) mass is 441 g/mol. The molecule has 3 heterocycles. The third-order valence-electron chi connectivity index (χ3n) is 4.78. The van der Waals surface area contributed by atoms with E-state index in [4.69, 9.17) is 4.74 Å². The Balaban J connectivity index is 1.47. The summed E-state index contributed by atoms with van der Waals surface area (Å²) in [5.41, 5.74) is 2.38. The number of aromatic nitrogens is 4. The molecule has 0 aliphatic carbocycles. The zero-order valence-corrected chi connectivity index (χ0v) is 17.0. The lowest BCUT2D eigenvalue weighted by Crippen LogP contribution is -2.44. The predicted octanol–water partition coefficient (Wildman–Crippen LogP) is 3.42. The summed E-state index contributed by atoms with van der Waals surface area (Å²) < 4.78 is 8.46. The van der Waals surface area contributed by atoms with Crippen LogP contribution in [0, 0.1) is 6.92 Å². The minimum atomic E-state index is -0.122. The number of halogens is 1. The Kier molecular flexibility index (Phi) is 5.38. The molecular weight excluding hydrogens is 422 g/mol. The number of amides is 1. The van der Waals surface area contributed by atoms with E-state index in [1.54, 1.807) is 23.3 Å². The normalized spacial score (nSPS) is 16.8. The van der Waals surface area contributed by atoms with E-state index in [2.05, 4.69) is 31.0 Å². The molecule has 0 spiro atoms. The van der Waals surface area contributed by atoms with Crippen LogP contribution in [0.2, 0.25) is 0 Å². The van der Waals surface area contributed by atoms with Crippen LogP contribution in [0.15, 0.2) is 53.4 Å². The molecule has 0 saturated carbocycles. The summed E-state index contributed by atoms with van der Waals surface area (Å²) in [7, 11) is 0. The Hall–Kier alpha value is -2.74. The lowest BCUT2D eigenvalue weighted by atomic mass is 10.1. The maximum absolute atomic E-state index is 13.1. The van der Waals surface area contributed by atoms with Crippen molar-refractivity contribution in [2.45, 2.75) is 25.9 Å². The van der Waals surface area contributed by atoms with Gasteiger partial charge in [0.25, 0.3) is 5.91 Å². The summed E-state index contributed by atoms with van der Waals surface area (Å²) in [6.45, 7) is 3.13. The van der Waals surface area contributed by atoms with E-state index in [9.17, 15) is 4.79 Å². The van der Waals surface area contributed by atoms with Crippen LogP contribution < -0.4 is 4.74 Å². The first-order chi connectivity index (χ1) is 13.6. The van der Waals surface area contributed by atoms with Crippen molar-refractivity contribution in [2.24, 2.45) is 0 Å². The number of carbonyl (C=O) groups excluding carboxylic acids is 1. The van der Waals surface area contributed by atoms with Gasteiger partial charge in [0.2, 0.25) is 0 Å². The topological polar surface area (TPSA) is 73.1 Å². The quantitative estimate of drug-likeness (QED) is 0.619. The van der Waals surface area contributed by atoms with Gasteiger partial charge >= 0.3 is 6.01 Å². The lowest BCUT2D eigenvalue weighted by Gasteiger charge is -2.32. The molecule has 3 aromatic rings. The largest absolute Gasteiger partial charge is 0.458 e. The Bertz CT molecular complexity index is 958. The van der Waals surface area contributed by atoms with Crippen molar-refractivity contribution in [3.8, 4) is 11.7 Å². The number of hydrogen-bond acceptors (Lipinski definition) is 5. The Morgan fingerprint density at radius 2 is 1.93 bits per heavy atom. The molecule has 0 bridgehead atoms. The molecule has 0 unspecified atom stereocenters. The van der Waals surface area contributed by atoms with Gasteiger partial charge in [0.05, 0.1) is 34.2 Å². The first-order valence-electron chi connectivity index (χ1n) is 9.15. The van der Waals surface area contributed by atoms with Crippen molar-refractivity contribution in [1.82, 2.24) is 24.6 Å². The molecule has 4 rings (SSSR count). The molecule has 144 valence electrons. The molecule has 7 nitrogen and oxygen atoms in total. The van der Waals surface area contributed by atoms with Crippen LogP contribution in [0.1, 0.15) is 28.9 Å². The fourth-order valence-corrected chi connectivity index (χ4v) is 3.55. The number of hydrogen-bond donors (Lipinski definition) is 0. The molecule has 1 saturated heterocycles. The summed E-state index contributed by atoms with van der Waals surface area (Å²) in [5, 5.41) is 4.41.